The van der Waals surface area contributed by atoms with Crippen molar-refractivity contribution < 1.29 is 14.2 Å². The lowest BCUT2D eigenvalue weighted by atomic mass is 10.2. The summed E-state index contributed by atoms with van der Waals surface area (Å²) in [7, 11) is 1.67. The molecule has 0 aromatic heterocycles. The van der Waals surface area contributed by atoms with Crippen LogP contribution in [0.2, 0.25) is 0 Å². The highest BCUT2D eigenvalue weighted by molar-refractivity contribution is 14.0. The van der Waals surface area contributed by atoms with Gasteiger partial charge >= 0.3 is 0 Å². The molecule has 0 amide bonds. The van der Waals surface area contributed by atoms with Gasteiger partial charge in [-0.05, 0) is 48.9 Å². The van der Waals surface area contributed by atoms with Gasteiger partial charge in [-0.2, -0.15) is 0 Å². The summed E-state index contributed by atoms with van der Waals surface area (Å²) >= 11 is 0. The summed E-state index contributed by atoms with van der Waals surface area (Å²) in [4.78, 5) is 9.21. The molecule has 158 valence electrons. The molecule has 0 saturated carbocycles. The van der Waals surface area contributed by atoms with Gasteiger partial charge < -0.3 is 25.0 Å². The molecule has 1 heterocycles. The number of hydrogen-bond acceptors (Lipinski definition) is 4. The fraction of sp³-hybridized carbons (Fsp3) is 0.381. The van der Waals surface area contributed by atoms with E-state index in [2.05, 4.69) is 32.2 Å². The van der Waals surface area contributed by atoms with Crippen LogP contribution >= 0.6 is 24.0 Å². The van der Waals surface area contributed by atoms with Crippen LogP contribution in [0.15, 0.2) is 47.5 Å². The van der Waals surface area contributed by atoms with Crippen LogP contribution in [0.4, 0.5) is 10.1 Å². The standard InChI is InChI=1S/C21H27FN4O2.HI/c1-3-23-21(24-15-16-4-9-20(27)19(22)14-16)26-12-10-25(11-13-26)17-5-7-18(28-2)8-6-17;/h4-9,14,27H,3,10-13,15H2,1-2H3,(H,23,24);1H. The van der Waals surface area contributed by atoms with E-state index >= 15 is 0 Å². The number of hydrogen-bond donors (Lipinski definition) is 2. The number of aliphatic imine (C=N–C) groups is 1. The van der Waals surface area contributed by atoms with Crippen molar-refractivity contribution in [1.29, 1.82) is 0 Å². The molecule has 1 fully saturated rings. The normalized spacial score (nSPS) is 14.4. The first-order chi connectivity index (χ1) is 13.6. The SMILES string of the molecule is CCNC(=NCc1ccc(O)c(F)c1)N1CCN(c2ccc(OC)cc2)CC1.I. The number of aromatic hydroxyl groups is 1. The van der Waals surface area contributed by atoms with Crippen molar-refractivity contribution in [1.82, 2.24) is 10.2 Å². The number of halogens is 2. The zero-order valence-electron chi connectivity index (χ0n) is 16.8. The number of nitrogens with zero attached hydrogens (tertiary/aromatic N) is 3. The summed E-state index contributed by atoms with van der Waals surface area (Å²) in [5, 5.41) is 12.6. The van der Waals surface area contributed by atoms with Gasteiger partial charge in [0.2, 0.25) is 0 Å². The number of phenols is 1. The number of anilines is 1. The summed E-state index contributed by atoms with van der Waals surface area (Å²) < 4.78 is 18.7. The highest BCUT2D eigenvalue weighted by Gasteiger charge is 2.20. The summed E-state index contributed by atoms with van der Waals surface area (Å²) in [6.07, 6.45) is 0. The minimum absolute atomic E-state index is 0. The van der Waals surface area contributed by atoms with Gasteiger partial charge in [-0.1, -0.05) is 6.07 Å². The maximum atomic E-state index is 13.5. The highest BCUT2D eigenvalue weighted by atomic mass is 127. The van der Waals surface area contributed by atoms with Gasteiger partial charge in [-0.3, -0.25) is 0 Å². The molecule has 1 aliphatic heterocycles. The van der Waals surface area contributed by atoms with Crippen LogP contribution in [0.25, 0.3) is 0 Å². The van der Waals surface area contributed by atoms with Gasteiger partial charge in [-0.15, -0.1) is 24.0 Å². The molecule has 0 atom stereocenters. The van der Waals surface area contributed by atoms with Crippen LogP contribution in [0.3, 0.4) is 0 Å². The predicted molar refractivity (Wildman–Crippen MR) is 125 cm³/mol. The van der Waals surface area contributed by atoms with Crippen molar-refractivity contribution in [2.75, 3.05) is 44.7 Å². The Morgan fingerprint density at radius 3 is 2.41 bits per heavy atom. The molecule has 0 spiro atoms. The van der Waals surface area contributed by atoms with Crippen molar-refractivity contribution in [3.8, 4) is 11.5 Å². The van der Waals surface area contributed by atoms with Crippen LogP contribution in [0.5, 0.6) is 11.5 Å². The van der Waals surface area contributed by atoms with Crippen LogP contribution in [0, 0.1) is 5.82 Å². The number of rotatable bonds is 5. The lowest BCUT2D eigenvalue weighted by Crippen LogP contribution is -2.52. The van der Waals surface area contributed by atoms with E-state index in [1.165, 1.54) is 17.8 Å². The first kappa shape index (κ1) is 23.1. The van der Waals surface area contributed by atoms with Gasteiger partial charge in [0, 0.05) is 38.4 Å². The van der Waals surface area contributed by atoms with Crippen molar-refractivity contribution in [3.05, 3.63) is 53.8 Å². The molecule has 0 bridgehead atoms. The third kappa shape index (κ3) is 6.12. The van der Waals surface area contributed by atoms with Crippen molar-refractivity contribution in [3.63, 3.8) is 0 Å². The lowest BCUT2D eigenvalue weighted by Gasteiger charge is -2.37. The second-order valence-electron chi connectivity index (χ2n) is 6.63. The van der Waals surface area contributed by atoms with Gasteiger partial charge in [0.25, 0.3) is 0 Å². The Bertz CT molecular complexity index is 809. The summed E-state index contributed by atoms with van der Waals surface area (Å²) in [6.45, 7) is 6.64. The number of phenolic OH excluding ortho intramolecular Hbond substituents is 1. The molecule has 8 heteroatoms. The van der Waals surface area contributed by atoms with Crippen LogP contribution in [-0.2, 0) is 6.54 Å². The second-order valence-corrected chi connectivity index (χ2v) is 6.63. The summed E-state index contributed by atoms with van der Waals surface area (Å²) in [6, 6.07) is 12.5. The number of piperazine rings is 1. The fourth-order valence-electron chi connectivity index (χ4n) is 3.21. The van der Waals surface area contributed by atoms with Crippen molar-refractivity contribution in [2.45, 2.75) is 13.5 Å². The van der Waals surface area contributed by atoms with E-state index in [1.54, 1.807) is 13.2 Å². The van der Waals surface area contributed by atoms with E-state index in [4.69, 9.17) is 4.74 Å². The Balaban J connectivity index is 0.00000300. The Kier molecular flexibility index (Phi) is 8.81. The Morgan fingerprint density at radius 2 is 1.83 bits per heavy atom. The zero-order valence-corrected chi connectivity index (χ0v) is 19.1. The highest BCUT2D eigenvalue weighted by Crippen LogP contribution is 2.21. The third-order valence-corrected chi connectivity index (χ3v) is 4.78. The Labute approximate surface area is 188 Å². The van der Waals surface area contributed by atoms with Crippen molar-refractivity contribution >= 4 is 35.6 Å². The fourth-order valence-corrected chi connectivity index (χ4v) is 3.21. The Morgan fingerprint density at radius 1 is 1.14 bits per heavy atom. The monoisotopic (exact) mass is 514 g/mol. The van der Waals surface area contributed by atoms with Gasteiger partial charge in [0.15, 0.2) is 17.5 Å². The first-order valence-electron chi connectivity index (χ1n) is 9.50. The average molecular weight is 514 g/mol. The van der Waals surface area contributed by atoms with E-state index < -0.39 is 5.82 Å². The maximum Gasteiger partial charge on any atom is 0.194 e. The van der Waals surface area contributed by atoms with Crippen LogP contribution in [0.1, 0.15) is 12.5 Å². The molecule has 2 aromatic rings. The lowest BCUT2D eigenvalue weighted by molar-refractivity contribution is 0.372. The van der Waals surface area contributed by atoms with E-state index in [1.807, 2.05) is 19.1 Å². The molecule has 29 heavy (non-hydrogen) atoms. The number of nitrogens with one attached hydrogen (secondary N) is 1. The first-order valence-corrected chi connectivity index (χ1v) is 9.50. The molecule has 2 N–H and O–H groups in total. The molecular formula is C21H28FIN4O2. The van der Waals surface area contributed by atoms with Gasteiger partial charge in [0.1, 0.15) is 5.75 Å². The molecule has 6 nitrogen and oxygen atoms in total. The van der Waals surface area contributed by atoms with Crippen LogP contribution < -0.4 is 15.0 Å². The average Bonchev–Trinajstić information content (AvgIpc) is 2.74. The topological polar surface area (TPSA) is 60.3 Å². The zero-order chi connectivity index (χ0) is 19.9. The molecule has 1 saturated heterocycles. The van der Waals surface area contributed by atoms with Crippen molar-refractivity contribution in [2.24, 2.45) is 4.99 Å². The minimum atomic E-state index is -0.620. The number of ether oxygens (including phenoxy) is 1. The Hall–Kier alpha value is -2.23. The molecule has 0 unspecified atom stereocenters. The largest absolute Gasteiger partial charge is 0.505 e. The predicted octanol–water partition coefficient (Wildman–Crippen LogP) is 3.45. The van der Waals surface area contributed by atoms with Crippen LogP contribution in [-0.4, -0.2) is 55.8 Å². The molecule has 3 rings (SSSR count). The number of guanidine groups is 1. The number of methoxy groups -OCH3 is 1. The number of benzene rings is 2. The molecule has 1 aliphatic rings. The maximum absolute atomic E-state index is 13.5. The van der Waals surface area contributed by atoms with E-state index in [-0.39, 0.29) is 29.7 Å². The van der Waals surface area contributed by atoms with E-state index in [9.17, 15) is 9.50 Å². The summed E-state index contributed by atoms with van der Waals surface area (Å²) in [5.74, 6) is 0.722. The minimum Gasteiger partial charge on any atom is -0.505 e. The molecule has 2 aromatic carbocycles. The van der Waals surface area contributed by atoms with E-state index in [0.29, 0.717) is 6.54 Å². The van der Waals surface area contributed by atoms with Gasteiger partial charge in [0.05, 0.1) is 13.7 Å². The third-order valence-electron chi connectivity index (χ3n) is 4.78. The molecular weight excluding hydrogens is 486 g/mol. The molecule has 0 aliphatic carbocycles. The second kappa shape index (κ2) is 11.1. The smallest absolute Gasteiger partial charge is 0.194 e. The van der Waals surface area contributed by atoms with Gasteiger partial charge in [-0.25, -0.2) is 9.38 Å². The summed E-state index contributed by atoms with van der Waals surface area (Å²) in [5.41, 5.74) is 1.91. The quantitative estimate of drug-likeness (QED) is 0.364. The van der Waals surface area contributed by atoms with E-state index in [0.717, 1.165) is 50.0 Å². The molecule has 0 radical (unpaired) electrons.